The molecule has 1 N–H and O–H groups in total. The van der Waals surface area contributed by atoms with Crippen molar-refractivity contribution in [2.75, 3.05) is 7.05 Å². The molecule has 2 aromatic rings. The molecule has 0 bridgehead atoms. The van der Waals surface area contributed by atoms with E-state index in [9.17, 15) is 4.79 Å². The normalized spacial score (nSPS) is 10.4. The Morgan fingerprint density at radius 1 is 1.44 bits per heavy atom. The topological polar surface area (TPSA) is 59.8 Å². The largest absolute Gasteiger partial charge is 0.354 e. The van der Waals surface area contributed by atoms with Gasteiger partial charge in [-0.25, -0.2) is 4.68 Å². The van der Waals surface area contributed by atoms with Crippen molar-refractivity contribution in [1.29, 1.82) is 0 Å². The molecule has 1 heterocycles. The highest BCUT2D eigenvalue weighted by atomic mass is 35.5. The van der Waals surface area contributed by atoms with Crippen LogP contribution < -0.4 is 5.32 Å². The van der Waals surface area contributed by atoms with Crippen molar-refractivity contribution < 1.29 is 4.79 Å². The first kappa shape index (κ1) is 12.9. The molecule has 1 amide bonds. The van der Waals surface area contributed by atoms with Crippen molar-refractivity contribution in [1.82, 2.24) is 20.3 Å². The Bertz CT molecular complexity index is 582. The lowest BCUT2D eigenvalue weighted by Crippen LogP contribution is -2.18. The summed E-state index contributed by atoms with van der Waals surface area (Å²) in [6.07, 6.45) is 1.56. The third-order valence-electron chi connectivity index (χ3n) is 2.35. The molecule has 1 aromatic heterocycles. The first-order chi connectivity index (χ1) is 8.60. The van der Waals surface area contributed by atoms with Gasteiger partial charge in [0.2, 0.25) is 0 Å². The van der Waals surface area contributed by atoms with E-state index in [1.54, 1.807) is 23.0 Å². The molecule has 0 atom stereocenters. The second-order valence-corrected chi connectivity index (χ2v) is 4.46. The molecule has 0 saturated heterocycles. The van der Waals surface area contributed by atoms with E-state index in [-0.39, 0.29) is 11.6 Å². The number of hydrogen-bond donors (Lipinski definition) is 1. The number of benzene rings is 1. The summed E-state index contributed by atoms with van der Waals surface area (Å²) < 4.78 is 1.54. The summed E-state index contributed by atoms with van der Waals surface area (Å²) >= 11 is 11.9. The number of hydrogen-bond acceptors (Lipinski definition) is 3. The molecule has 7 heteroatoms. The Balaban J connectivity index is 2.18. The molecular formula is C11H10Cl2N4O. The second kappa shape index (κ2) is 5.37. The molecule has 94 valence electrons. The van der Waals surface area contributed by atoms with Crippen molar-refractivity contribution in [3.8, 4) is 0 Å². The van der Waals surface area contributed by atoms with Gasteiger partial charge >= 0.3 is 0 Å². The predicted octanol–water partition coefficient (Wildman–Crippen LogP) is 1.99. The van der Waals surface area contributed by atoms with E-state index in [2.05, 4.69) is 15.6 Å². The quantitative estimate of drug-likeness (QED) is 0.938. The average molecular weight is 285 g/mol. The fourth-order valence-corrected chi connectivity index (χ4v) is 1.90. The monoisotopic (exact) mass is 284 g/mol. The van der Waals surface area contributed by atoms with Gasteiger partial charge in [-0.2, -0.15) is 0 Å². The van der Waals surface area contributed by atoms with Crippen LogP contribution in [0.25, 0.3) is 0 Å². The van der Waals surface area contributed by atoms with E-state index >= 15 is 0 Å². The van der Waals surface area contributed by atoms with E-state index in [0.29, 0.717) is 16.6 Å². The standard InChI is InChI=1S/C11H10Cl2N4O/c1-14-11(18)10-6-17(16-15-10)5-7-2-3-8(12)4-9(7)13/h2-4,6H,5H2,1H3,(H,14,18). The van der Waals surface area contributed by atoms with Gasteiger partial charge in [0.1, 0.15) is 0 Å². The highest BCUT2D eigenvalue weighted by Gasteiger charge is 2.09. The lowest BCUT2D eigenvalue weighted by Gasteiger charge is -2.03. The van der Waals surface area contributed by atoms with E-state index in [1.165, 1.54) is 7.05 Å². The molecule has 0 fully saturated rings. The molecule has 0 aliphatic carbocycles. The van der Waals surface area contributed by atoms with Crippen LogP contribution in [0.4, 0.5) is 0 Å². The number of aromatic nitrogens is 3. The van der Waals surface area contributed by atoms with Gasteiger partial charge in [-0.1, -0.05) is 34.5 Å². The molecular weight excluding hydrogens is 275 g/mol. The summed E-state index contributed by atoms with van der Waals surface area (Å²) in [5.41, 5.74) is 1.12. The second-order valence-electron chi connectivity index (χ2n) is 3.62. The van der Waals surface area contributed by atoms with Crippen LogP contribution >= 0.6 is 23.2 Å². The summed E-state index contributed by atoms with van der Waals surface area (Å²) in [6.45, 7) is 0.431. The van der Waals surface area contributed by atoms with Gasteiger partial charge in [0.05, 0.1) is 12.7 Å². The lowest BCUT2D eigenvalue weighted by atomic mass is 10.2. The fraction of sp³-hybridized carbons (Fsp3) is 0.182. The van der Waals surface area contributed by atoms with Crippen LogP contribution in [0.15, 0.2) is 24.4 Å². The van der Waals surface area contributed by atoms with Crippen LogP contribution in [-0.2, 0) is 6.54 Å². The molecule has 0 spiro atoms. The zero-order chi connectivity index (χ0) is 13.1. The van der Waals surface area contributed by atoms with Crippen molar-refractivity contribution in [3.05, 3.63) is 45.7 Å². The van der Waals surface area contributed by atoms with Crippen LogP contribution in [0.1, 0.15) is 16.1 Å². The molecule has 0 radical (unpaired) electrons. The molecule has 0 aliphatic rings. The third-order valence-corrected chi connectivity index (χ3v) is 2.93. The minimum Gasteiger partial charge on any atom is -0.354 e. The van der Waals surface area contributed by atoms with Gasteiger partial charge in [-0.15, -0.1) is 5.10 Å². The van der Waals surface area contributed by atoms with Gasteiger partial charge in [0.15, 0.2) is 5.69 Å². The first-order valence-electron chi connectivity index (χ1n) is 5.16. The summed E-state index contributed by atoms with van der Waals surface area (Å²) in [4.78, 5) is 11.3. The number of rotatable bonds is 3. The molecule has 18 heavy (non-hydrogen) atoms. The fourth-order valence-electron chi connectivity index (χ4n) is 1.43. The average Bonchev–Trinajstić information content (AvgIpc) is 2.80. The molecule has 0 unspecified atom stereocenters. The number of nitrogens with zero attached hydrogens (tertiary/aromatic N) is 3. The summed E-state index contributed by atoms with van der Waals surface area (Å²) in [7, 11) is 1.54. The Morgan fingerprint density at radius 3 is 2.89 bits per heavy atom. The number of carbonyl (C=O) groups is 1. The SMILES string of the molecule is CNC(=O)c1cn(Cc2ccc(Cl)cc2Cl)nn1. The van der Waals surface area contributed by atoms with E-state index < -0.39 is 0 Å². The predicted molar refractivity (Wildman–Crippen MR) is 69.0 cm³/mol. The lowest BCUT2D eigenvalue weighted by molar-refractivity contribution is 0.0958. The summed E-state index contributed by atoms with van der Waals surface area (Å²) in [6, 6.07) is 5.22. The highest BCUT2D eigenvalue weighted by Crippen LogP contribution is 2.21. The van der Waals surface area contributed by atoms with Crippen molar-refractivity contribution in [3.63, 3.8) is 0 Å². The molecule has 0 saturated carbocycles. The Hall–Kier alpha value is -1.59. The first-order valence-corrected chi connectivity index (χ1v) is 5.92. The number of halogens is 2. The van der Waals surface area contributed by atoms with E-state index in [1.807, 2.05) is 6.07 Å². The van der Waals surface area contributed by atoms with Crippen LogP contribution in [0, 0.1) is 0 Å². The highest BCUT2D eigenvalue weighted by molar-refractivity contribution is 6.35. The van der Waals surface area contributed by atoms with Crippen LogP contribution in [0.3, 0.4) is 0 Å². The zero-order valence-corrected chi connectivity index (χ0v) is 11.0. The van der Waals surface area contributed by atoms with Gasteiger partial charge in [0.25, 0.3) is 5.91 Å². The number of nitrogens with one attached hydrogen (secondary N) is 1. The maximum atomic E-state index is 11.3. The maximum absolute atomic E-state index is 11.3. The van der Waals surface area contributed by atoms with E-state index in [0.717, 1.165) is 5.56 Å². The minimum atomic E-state index is -0.275. The van der Waals surface area contributed by atoms with Crippen LogP contribution in [-0.4, -0.2) is 27.9 Å². The zero-order valence-electron chi connectivity index (χ0n) is 9.52. The summed E-state index contributed by atoms with van der Waals surface area (Å²) in [5, 5.41) is 11.2. The Labute approximate surface area is 114 Å². The van der Waals surface area contributed by atoms with Crippen molar-refractivity contribution in [2.45, 2.75) is 6.54 Å². The van der Waals surface area contributed by atoms with Gasteiger partial charge in [-0.05, 0) is 17.7 Å². The molecule has 1 aromatic carbocycles. The molecule has 5 nitrogen and oxygen atoms in total. The Kier molecular flexibility index (Phi) is 3.84. The number of carbonyl (C=O) groups excluding carboxylic acids is 1. The molecule has 2 rings (SSSR count). The third kappa shape index (κ3) is 2.80. The van der Waals surface area contributed by atoms with E-state index in [4.69, 9.17) is 23.2 Å². The minimum absolute atomic E-state index is 0.266. The van der Waals surface area contributed by atoms with Crippen LogP contribution in [0.5, 0.6) is 0 Å². The van der Waals surface area contributed by atoms with Gasteiger partial charge in [0, 0.05) is 17.1 Å². The summed E-state index contributed by atoms with van der Waals surface area (Å²) in [5.74, 6) is -0.275. The van der Waals surface area contributed by atoms with Crippen molar-refractivity contribution >= 4 is 29.1 Å². The van der Waals surface area contributed by atoms with Gasteiger partial charge in [-0.3, -0.25) is 4.79 Å². The maximum Gasteiger partial charge on any atom is 0.273 e. The van der Waals surface area contributed by atoms with Crippen LogP contribution in [0.2, 0.25) is 10.0 Å². The van der Waals surface area contributed by atoms with Crippen molar-refractivity contribution in [2.24, 2.45) is 0 Å². The molecule has 0 aliphatic heterocycles. The van der Waals surface area contributed by atoms with Gasteiger partial charge < -0.3 is 5.32 Å². The smallest absolute Gasteiger partial charge is 0.273 e. The number of amides is 1. The Morgan fingerprint density at radius 2 is 2.22 bits per heavy atom.